The van der Waals surface area contributed by atoms with Gasteiger partial charge in [0, 0.05) is 18.9 Å². The number of carbonyl (C=O) groups excluding carboxylic acids is 2. The highest BCUT2D eigenvalue weighted by molar-refractivity contribution is 5.70. The van der Waals surface area contributed by atoms with Gasteiger partial charge in [-0.2, -0.15) is 0 Å². The van der Waals surface area contributed by atoms with Crippen LogP contribution in [0.5, 0.6) is 0 Å². The van der Waals surface area contributed by atoms with Crippen LogP contribution in [0.15, 0.2) is 48.5 Å². The Hall–Kier alpha value is -2.89. The van der Waals surface area contributed by atoms with E-state index in [0.29, 0.717) is 6.54 Å². The van der Waals surface area contributed by atoms with E-state index >= 15 is 0 Å². The fourth-order valence-corrected chi connectivity index (χ4v) is 2.74. The van der Waals surface area contributed by atoms with Gasteiger partial charge in [-0.25, -0.2) is 23.8 Å². The van der Waals surface area contributed by atoms with Crippen molar-refractivity contribution in [2.75, 3.05) is 6.54 Å². The number of benzene rings is 2. The normalized spacial score (nSPS) is 14.5. The number of nitrogens with one attached hydrogen (secondary N) is 1. The van der Waals surface area contributed by atoms with Gasteiger partial charge in [0.05, 0.1) is 0 Å². The third-order valence-electron chi connectivity index (χ3n) is 4.33. The summed E-state index contributed by atoms with van der Waals surface area (Å²) >= 11 is 0. The summed E-state index contributed by atoms with van der Waals surface area (Å²) in [5.41, 5.74) is 2.95. The monoisotopic (exact) mass is 343 g/mol. The number of amides is 1. The molecule has 1 fully saturated rings. The van der Waals surface area contributed by atoms with Crippen molar-refractivity contribution in [2.45, 2.75) is 25.2 Å². The third-order valence-corrected chi connectivity index (χ3v) is 4.33. The van der Waals surface area contributed by atoms with E-state index in [9.17, 15) is 14.0 Å². The number of hydrogen-bond donors (Lipinski definition) is 1. The standard InChI is InChI=1S/C19H18FNO4/c1-13(22)24-25-18(23)21-12-19(10-11-19)16-6-2-14(3-7-16)15-4-8-17(20)9-5-15/h2-9H,10-12H2,1H3,(H,21,23). The maximum Gasteiger partial charge on any atom is 0.450 e. The first-order valence-corrected chi connectivity index (χ1v) is 7.98. The van der Waals surface area contributed by atoms with Gasteiger partial charge in [0.25, 0.3) is 0 Å². The van der Waals surface area contributed by atoms with Crippen molar-refractivity contribution in [3.8, 4) is 11.1 Å². The molecule has 1 saturated carbocycles. The largest absolute Gasteiger partial charge is 0.450 e. The zero-order chi connectivity index (χ0) is 17.9. The van der Waals surface area contributed by atoms with E-state index < -0.39 is 12.1 Å². The van der Waals surface area contributed by atoms with E-state index in [2.05, 4.69) is 15.1 Å². The molecule has 6 heteroatoms. The van der Waals surface area contributed by atoms with Crippen LogP contribution in [0, 0.1) is 5.82 Å². The van der Waals surface area contributed by atoms with Gasteiger partial charge in [-0.05, 0) is 41.7 Å². The van der Waals surface area contributed by atoms with Crippen molar-refractivity contribution in [1.29, 1.82) is 0 Å². The van der Waals surface area contributed by atoms with E-state index in [4.69, 9.17) is 0 Å². The number of halogens is 1. The molecule has 1 aliphatic carbocycles. The van der Waals surface area contributed by atoms with Gasteiger partial charge in [-0.15, -0.1) is 0 Å². The van der Waals surface area contributed by atoms with Crippen LogP contribution >= 0.6 is 0 Å². The molecule has 0 saturated heterocycles. The summed E-state index contributed by atoms with van der Waals surface area (Å²) in [7, 11) is 0. The molecular formula is C19H18FNO4. The molecule has 0 aliphatic heterocycles. The predicted octanol–water partition coefficient (Wildman–Crippen LogP) is 3.73. The summed E-state index contributed by atoms with van der Waals surface area (Å²) in [5, 5.41) is 2.61. The highest BCUT2D eigenvalue weighted by Gasteiger charge is 2.44. The summed E-state index contributed by atoms with van der Waals surface area (Å²) in [6, 6.07) is 14.4. The lowest BCUT2D eigenvalue weighted by molar-refractivity contribution is -0.229. The topological polar surface area (TPSA) is 64.6 Å². The quantitative estimate of drug-likeness (QED) is 0.679. The fraction of sp³-hybridized carbons (Fsp3) is 0.263. The molecule has 0 heterocycles. The average molecular weight is 343 g/mol. The van der Waals surface area contributed by atoms with Gasteiger partial charge >= 0.3 is 12.1 Å². The highest BCUT2D eigenvalue weighted by atomic mass is 19.1. The van der Waals surface area contributed by atoms with Gasteiger partial charge in [-0.1, -0.05) is 36.4 Å². The van der Waals surface area contributed by atoms with Gasteiger partial charge in [-0.3, -0.25) is 0 Å². The average Bonchev–Trinajstić information content (AvgIpc) is 3.40. The number of hydrogen-bond acceptors (Lipinski definition) is 4. The second kappa shape index (κ2) is 6.93. The maximum absolute atomic E-state index is 13.0. The van der Waals surface area contributed by atoms with Crippen molar-refractivity contribution in [1.82, 2.24) is 5.32 Å². The van der Waals surface area contributed by atoms with Crippen LogP contribution in [-0.2, 0) is 20.0 Å². The van der Waals surface area contributed by atoms with Crippen molar-refractivity contribution < 1.29 is 23.8 Å². The van der Waals surface area contributed by atoms with Crippen LogP contribution in [0.25, 0.3) is 11.1 Å². The van der Waals surface area contributed by atoms with Gasteiger partial charge in [0.1, 0.15) is 5.82 Å². The van der Waals surface area contributed by atoms with Gasteiger partial charge in [0.2, 0.25) is 0 Å². The maximum atomic E-state index is 13.0. The fourth-order valence-electron chi connectivity index (χ4n) is 2.74. The molecule has 0 radical (unpaired) electrons. The first kappa shape index (κ1) is 17.0. The molecule has 25 heavy (non-hydrogen) atoms. The number of rotatable bonds is 4. The molecule has 0 bridgehead atoms. The minimum absolute atomic E-state index is 0.115. The van der Waals surface area contributed by atoms with E-state index in [1.165, 1.54) is 12.1 Å². The highest BCUT2D eigenvalue weighted by Crippen LogP contribution is 2.47. The molecule has 2 aromatic rings. The second-order valence-electron chi connectivity index (χ2n) is 6.16. The lowest BCUT2D eigenvalue weighted by Crippen LogP contribution is -2.33. The molecule has 0 atom stereocenters. The first-order chi connectivity index (χ1) is 12.0. The van der Waals surface area contributed by atoms with Crippen LogP contribution in [0.3, 0.4) is 0 Å². The summed E-state index contributed by atoms with van der Waals surface area (Å²) in [4.78, 5) is 30.6. The molecule has 0 unspecified atom stereocenters. The van der Waals surface area contributed by atoms with Gasteiger partial charge < -0.3 is 5.32 Å². The molecule has 0 spiro atoms. The summed E-state index contributed by atoms with van der Waals surface area (Å²) in [6.07, 6.45) is 1.12. The molecule has 5 nitrogen and oxygen atoms in total. The van der Waals surface area contributed by atoms with E-state index in [1.807, 2.05) is 24.3 Å². The third kappa shape index (κ3) is 4.15. The Morgan fingerprint density at radius 1 is 1.00 bits per heavy atom. The van der Waals surface area contributed by atoms with Crippen LogP contribution in [0.2, 0.25) is 0 Å². The molecule has 1 amide bonds. The Morgan fingerprint density at radius 3 is 2.08 bits per heavy atom. The Kier molecular flexibility index (Phi) is 4.70. The minimum Gasteiger partial charge on any atom is -0.318 e. The summed E-state index contributed by atoms with van der Waals surface area (Å²) in [5.74, 6) is -0.948. The molecule has 1 aliphatic rings. The first-order valence-electron chi connectivity index (χ1n) is 7.98. The SMILES string of the molecule is CC(=O)OOC(=O)NCC1(c2ccc(-c3ccc(F)cc3)cc2)CC1. The van der Waals surface area contributed by atoms with Gasteiger partial charge in [0.15, 0.2) is 0 Å². The zero-order valence-corrected chi connectivity index (χ0v) is 13.8. The van der Waals surface area contributed by atoms with Crippen LogP contribution in [-0.4, -0.2) is 18.6 Å². The molecule has 130 valence electrons. The molecule has 0 aromatic heterocycles. The molecule has 3 rings (SSSR count). The van der Waals surface area contributed by atoms with Crippen LogP contribution in [0.1, 0.15) is 25.3 Å². The smallest absolute Gasteiger partial charge is 0.318 e. The lowest BCUT2D eigenvalue weighted by atomic mass is 9.93. The summed E-state index contributed by atoms with van der Waals surface area (Å²) < 4.78 is 13.0. The van der Waals surface area contributed by atoms with E-state index in [-0.39, 0.29) is 11.2 Å². The lowest BCUT2D eigenvalue weighted by Gasteiger charge is -2.16. The van der Waals surface area contributed by atoms with Crippen LogP contribution < -0.4 is 5.32 Å². The van der Waals surface area contributed by atoms with E-state index in [0.717, 1.165) is 36.5 Å². The van der Waals surface area contributed by atoms with E-state index in [1.54, 1.807) is 12.1 Å². The van der Waals surface area contributed by atoms with Crippen molar-refractivity contribution >= 4 is 12.1 Å². The molecule has 2 aromatic carbocycles. The molecule has 1 N–H and O–H groups in total. The zero-order valence-electron chi connectivity index (χ0n) is 13.8. The Labute approximate surface area is 144 Å². The summed E-state index contributed by atoms with van der Waals surface area (Å²) in [6.45, 7) is 1.56. The Morgan fingerprint density at radius 2 is 1.56 bits per heavy atom. The van der Waals surface area contributed by atoms with Crippen molar-refractivity contribution in [2.24, 2.45) is 0 Å². The molecular weight excluding hydrogens is 325 g/mol. The second-order valence-corrected chi connectivity index (χ2v) is 6.16. The number of carbonyl (C=O) groups is 2. The predicted molar refractivity (Wildman–Crippen MR) is 89.0 cm³/mol. The minimum atomic E-state index is -0.788. The van der Waals surface area contributed by atoms with Crippen molar-refractivity contribution in [3.63, 3.8) is 0 Å². The van der Waals surface area contributed by atoms with Crippen molar-refractivity contribution in [3.05, 3.63) is 59.9 Å². The Balaban J connectivity index is 1.62. The Bertz CT molecular complexity index is 767. The van der Waals surface area contributed by atoms with Crippen LogP contribution in [0.4, 0.5) is 9.18 Å².